The number of hydrogen-bond acceptors (Lipinski definition) is 3. The van der Waals surface area contributed by atoms with Crippen LogP contribution in [0.3, 0.4) is 0 Å². The monoisotopic (exact) mass is 168 g/mol. The molecule has 0 unspecified atom stereocenters. The molecule has 5 nitrogen and oxygen atoms in total. The molecule has 0 spiro atoms. The van der Waals surface area contributed by atoms with Crippen LogP contribution in [0.1, 0.15) is 26.8 Å². The lowest BCUT2D eigenvalue weighted by Crippen LogP contribution is -2.00. The molecule has 1 aromatic rings. The van der Waals surface area contributed by atoms with E-state index in [1.807, 2.05) is 0 Å². The second-order valence-corrected chi connectivity index (χ2v) is 2.39. The fraction of sp³-hybridized carbons (Fsp3) is 0.286. The Morgan fingerprint density at radius 1 is 1.67 bits per heavy atom. The van der Waals surface area contributed by atoms with Crippen molar-refractivity contribution in [2.75, 3.05) is 0 Å². The number of nitrogens with zero attached hydrogens (tertiary/aromatic N) is 2. The quantitative estimate of drug-likeness (QED) is 0.642. The van der Waals surface area contributed by atoms with E-state index in [1.165, 1.54) is 4.57 Å². The topological polar surface area (TPSA) is 72.2 Å². The highest BCUT2D eigenvalue weighted by Crippen LogP contribution is 2.07. The average molecular weight is 168 g/mol. The van der Waals surface area contributed by atoms with Gasteiger partial charge in [-0.05, 0) is 6.92 Å². The molecule has 0 amide bonds. The van der Waals surface area contributed by atoms with Crippen LogP contribution >= 0.6 is 0 Å². The molecule has 0 bridgehead atoms. The Hall–Kier alpha value is -1.65. The summed E-state index contributed by atoms with van der Waals surface area (Å²) < 4.78 is 1.44. The Labute approximate surface area is 68.6 Å². The van der Waals surface area contributed by atoms with Crippen LogP contribution in [0.2, 0.25) is 0 Å². The molecule has 1 N–H and O–H groups in total. The van der Waals surface area contributed by atoms with Gasteiger partial charge in [0.15, 0.2) is 17.8 Å². The third-order valence-electron chi connectivity index (χ3n) is 1.72. The van der Waals surface area contributed by atoms with Crippen molar-refractivity contribution >= 4 is 12.3 Å². The number of carbonyl (C=O) groups is 2. The smallest absolute Gasteiger partial charge is 0.356 e. The van der Waals surface area contributed by atoms with Gasteiger partial charge in [0.05, 0.1) is 0 Å². The molecule has 64 valence electrons. The first-order valence-electron chi connectivity index (χ1n) is 3.29. The molecule has 0 radical (unpaired) electrons. The third-order valence-corrected chi connectivity index (χ3v) is 1.72. The first kappa shape index (κ1) is 8.45. The molecule has 0 saturated heterocycles. The van der Waals surface area contributed by atoms with Crippen molar-refractivity contribution in [1.29, 1.82) is 0 Å². The minimum atomic E-state index is -1.11. The van der Waals surface area contributed by atoms with Crippen molar-refractivity contribution in [2.45, 2.75) is 6.92 Å². The number of carbonyl (C=O) groups excluding carboxylic acids is 1. The number of aromatic carboxylic acids is 1. The molecule has 0 fully saturated rings. The highest BCUT2D eigenvalue weighted by atomic mass is 16.4. The summed E-state index contributed by atoms with van der Waals surface area (Å²) in [6, 6.07) is 0. The van der Waals surface area contributed by atoms with Crippen LogP contribution in [0, 0.1) is 6.92 Å². The number of aromatic nitrogens is 2. The van der Waals surface area contributed by atoms with E-state index in [9.17, 15) is 9.59 Å². The van der Waals surface area contributed by atoms with Crippen LogP contribution in [-0.4, -0.2) is 26.9 Å². The van der Waals surface area contributed by atoms with Crippen molar-refractivity contribution < 1.29 is 14.7 Å². The van der Waals surface area contributed by atoms with E-state index in [0.717, 1.165) is 0 Å². The molecular weight excluding hydrogens is 160 g/mol. The van der Waals surface area contributed by atoms with Gasteiger partial charge < -0.3 is 9.67 Å². The van der Waals surface area contributed by atoms with Gasteiger partial charge in [-0.2, -0.15) is 0 Å². The van der Waals surface area contributed by atoms with E-state index >= 15 is 0 Å². The van der Waals surface area contributed by atoms with Gasteiger partial charge in [-0.25, -0.2) is 9.78 Å². The summed E-state index contributed by atoms with van der Waals surface area (Å²) in [5, 5.41) is 8.61. The van der Waals surface area contributed by atoms with Crippen molar-refractivity contribution in [3.8, 4) is 0 Å². The van der Waals surface area contributed by atoms with Crippen molar-refractivity contribution in [3.63, 3.8) is 0 Å². The van der Waals surface area contributed by atoms with E-state index in [2.05, 4.69) is 4.98 Å². The SMILES string of the molecule is Cc1c(C(=O)O)nc(C=O)n1C. The predicted octanol–water partition coefficient (Wildman–Crippen LogP) is 0.239. The fourth-order valence-electron chi connectivity index (χ4n) is 0.909. The van der Waals surface area contributed by atoms with E-state index in [0.29, 0.717) is 12.0 Å². The van der Waals surface area contributed by atoms with Crippen LogP contribution in [0.15, 0.2) is 0 Å². The van der Waals surface area contributed by atoms with Gasteiger partial charge in [0.25, 0.3) is 0 Å². The molecule has 1 rings (SSSR count). The fourth-order valence-corrected chi connectivity index (χ4v) is 0.909. The summed E-state index contributed by atoms with van der Waals surface area (Å²) >= 11 is 0. The lowest BCUT2D eigenvalue weighted by molar-refractivity contribution is 0.0690. The van der Waals surface area contributed by atoms with Gasteiger partial charge in [-0.3, -0.25) is 4.79 Å². The van der Waals surface area contributed by atoms with Crippen molar-refractivity contribution in [1.82, 2.24) is 9.55 Å². The minimum absolute atomic E-state index is 0.0698. The number of imidazole rings is 1. The van der Waals surface area contributed by atoms with Crippen molar-refractivity contribution in [2.24, 2.45) is 7.05 Å². The third kappa shape index (κ3) is 1.09. The Morgan fingerprint density at radius 2 is 2.25 bits per heavy atom. The first-order chi connectivity index (χ1) is 5.57. The number of carboxylic acid groups (broad SMARTS) is 1. The first-order valence-corrected chi connectivity index (χ1v) is 3.29. The Balaban J connectivity index is 3.34. The highest BCUT2D eigenvalue weighted by molar-refractivity contribution is 5.88. The lowest BCUT2D eigenvalue weighted by atomic mass is 10.3. The minimum Gasteiger partial charge on any atom is -0.476 e. The summed E-state index contributed by atoms with van der Waals surface area (Å²) in [5.74, 6) is -0.985. The molecule has 1 heterocycles. The van der Waals surface area contributed by atoms with E-state index in [1.54, 1.807) is 14.0 Å². The summed E-state index contributed by atoms with van der Waals surface area (Å²) in [6.45, 7) is 1.60. The molecular formula is C7H8N2O3. The zero-order valence-electron chi connectivity index (χ0n) is 6.74. The molecule has 0 atom stereocenters. The van der Waals surface area contributed by atoms with Gasteiger partial charge in [-0.1, -0.05) is 0 Å². The van der Waals surface area contributed by atoms with Gasteiger partial charge in [-0.15, -0.1) is 0 Å². The standard InChI is InChI=1S/C7H8N2O3/c1-4-6(7(11)12)8-5(3-10)9(4)2/h3H,1-2H3,(H,11,12). The molecule has 0 aliphatic carbocycles. The molecule has 0 aliphatic rings. The summed E-state index contributed by atoms with van der Waals surface area (Å²) in [5.41, 5.74) is 0.407. The summed E-state index contributed by atoms with van der Waals surface area (Å²) in [4.78, 5) is 24.5. The maximum atomic E-state index is 10.5. The maximum Gasteiger partial charge on any atom is 0.356 e. The Morgan fingerprint density at radius 3 is 2.50 bits per heavy atom. The normalized spacial score (nSPS) is 9.83. The molecule has 0 aliphatic heterocycles. The van der Waals surface area contributed by atoms with Gasteiger partial charge in [0.2, 0.25) is 0 Å². The summed E-state index contributed by atoms with van der Waals surface area (Å²) in [7, 11) is 1.60. The van der Waals surface area contributed by atoms with Gasteiger partial charge in [0, 0.05) is 12.7 Å². The van der Waals surface area contributed by atoms with Crippen LogP contribution in [-0.2, 0) is 7.05 Å². The van der Waals surface area contributed by atoms with Crippen LogP contribution in [0.25, 0.3) is 0 Å². The van der Waals surface area contributed by atoms with E-state index in [4.69, 9.17) is 5.11 Å². The molecule has 1 aromatic heterocycles. The van der Waals surface area contributed by atoms with Crippen LogP contribution < -0.4 is 0 Å². The molecule has 12 heavy (non-hydrogen) atoms. The maximum absolute atomic E-state index is 10.5. The number of rotatable bonds is 2. The zero-order valence-corrected chi connectivity index (χ0v) is 6.74. The zero-order chi connectivity index (χ0) is 9.30. The van der Waals surface area contributed by atoms with E-state index in [-0.39, 0.29) is 11.5 Å². The predicted molar refractivity (Wildman–Crippen MR) is 40.3 cm³/mol. The largest absolute Gasteiger partial charge is 0.476 e. The van der Waals surface area contributed by atoms with E-state index < -0.39 is 5.97 Å². The number of aldehydes is 1. The van der Waals surface area contributed by atoms with Gasteiger partial charge in [0.1, 0.15) is 0 Å². The second kappa shape index (κ2) is 2.77. The Bertz CT molecular complexity index is 341. The Kier molecular flexibility index (Phi) is 1.95. The van der Waals surface area contributed by atoms with Crippen molar-refractivity contribution in [3.05, 3.63) is 17.2 Å². The average Bonchev–Trinajstić information content (AvgIpc) is 2.30. The highest BCUT2D eigenvalue weighted by Gasteiger charge is 2.15. The second-order valence-electron chi connectivity index (χ2n) is 2.39. The molecule has 5 heteroatoms. The number of carboxylic acids is 1. The molecule has 0 aromatic carbocycles. The van der Waals surface area contributed by atoms with Crippen LogP contribution in [0.4, 0.5) is 0 Å². The van der Waals surface area contributed by atoms with Gasteiger partial charge >= 0.3 is 5.97 Å². The molecule has 0 saturated carbocycles. The summed E-state index contributed by atoms with van der Waals surface area (Å²) in [6.07, 6.45) is 0.527. The number of hydrogen-bond donors (Lipinski definition) is 1. The lowest BCUT2D eigenvalue weighted by Gasteiger charge is -1.94. The van der Waals surface area contributed by atoms with Crippen LogP contribution in [0.5, 0.6) is 0 Å².